The number of halogens is 1. The Morgan fingerprint density at radius 2 is 1.71 bits per heavy atom. The number of hydrogen-bond acceptors (Lipinski definition) is 5. The molecular formula is C13H18BrNO5S. The third-order valence-corrected chi connectivity index (χ3v) is 6.00. The van der Waals surface area contributed by atoms with E-state index in [4.69, 9.17) is 14.2 Å². The molecule has 0 aliphatic carbocycles. The first kappa shape index (κ1) is 16.7. The van der Waals surface area contributed by atoms with Crippen LogP contribution in [0.1, 0.15) is 0 Å². The zero-order valence-electron chi connectivity index (χ0n) is 12.1. The molecule has 2 rings (SSSR count). The predicted molar refractivity (Wildman–Crippen MR) is 81.0 cm³/mol. The molecule has 1 saturated heterocycles. The summed E-state index contributed by atoms with van der Waals surface area (Å²) in [6.45, 7) is 0.558. The smallest absolute Gasteiger partial charge is 0.243 e. The van der Waals surface area contributed by atoms with E-state index in [1.165, 1.54) is 23.5 Å². The minimum Gasteiger partial charge on any atom is -0.496 e. The maximum atomic E-state index is 12.7. The number of benzene rings is 1. The van der Waals surface area contributed by atoms with Gasteiger partial charge in [0.1, 0.15) is 5.75 Å². The van der Waals surface area contributed by atoms with Gasteiger partial charge in [0.05, 0.1) is 28.7 Å². The van der Waals surface area contributed by atoms with E-state index < -0.39 is 10.0 Å². The summed E-state index contributed by atoms with van der Waals surface area (Å²) in [5.74, 6) is 0.583. The van der Waals surface area contributed by atoms with Gasteiger partial charge in [-0.2, -0.15) is 4.31 Å². The lowest BCUT2D eigenvalue weighted by molar-refractivity contribution is -0.00461. The second-order valence-electron chi connectivity index (χ2n) is 4.67. The fourth-order valence-corrected chi connectivity index (χ4v) is 4.50. The van der Waals surface area contributed by atoms with E-state index >= 15 is 0 Å². The summed E-state index contributed by atoms with van der Waals surface area (Å²) in [7, 11) is 1.05. The van der Waals surface area contributed by atoms with Gasteiger partial charge >= 0.3 is 0 Å². The van der Waals surface area contributed by atoms with Crippen LogP contribution < -0.4 is 4.74 Å². The lowest BCUT2D eigenvalue weighted by atomic mass is 10.3. The van der Waals surface area contributed by atoms with Crippen LogP contribution in [-0.2, 0) is 19.5 Å². The van der Waals surface area contributed by atoms with Gasteiger partial charge in [0.15, 0.2) is 0 Å². The normalized spacial score (nSPS) is 23.4. The van der Waals surface area contributed by atoms with Crippen LogP contribution in [0.2, 0.25) is 0 Å². The van der Waals surface area contributed by atoms with Crippen molar-refractivity contribution in [2.75, 3.05) is 34.4 Å². The van der Waals surface area contributed by atoms with Gasteiger partial charge in [-0.1, -0.05) is 0 Å². The highest BCUT2D eigenvalue weighted by atomic mass is 79.9. The number of ether oxygens (including phenoxy) is 3. The van der Waals surface area contributed by atoms with Crippen LogP contribution in [0.15, 0.2) is 27.6 Å². The topological polar surface area (TPSA) is 65.1 Å². The molecule has 6 nitrogen and oxygen atoms in total. The van der Waals surface area contributed by atoms with E-state index in [-0.39, 0.29) is 30.2 Å². The molecule has 1 fully saturated rings. The van der Waals surface area contributed by atoms with Crippen molar-refractivity contribution >= 4 is 26.0 Å². The molecular weight excluding hydrogens is 362 g/mol. The predicted octanol–water partition coefficient (Wildman–Crippen LogP) is 1.49. The summed E-state index contributed by atoms with van der Waals surface area (Å²) in [6, 6.07) is 4.69. The Labute approximate surface area is 133 Å². The number of hydrogen-bond donors (Lipinski definition) is 0. The quantitative estimate of drug-likeness (QED) is 0.775. The van der Waals surface area contributed by atoms with E-state index in [9.17, 15) is 8.42 Å². The zero-order valence-corrected chi connectivity index (χ0v) is 14.5. The van der Waals surface area contributed by atoms with E-state index in [1.54, 1.807) is 20.3 Å². The SMILES string of the molecule is COc1ccc(S(=O)(=O)N2CC(OC)C(OC)C2)cc1Br. The Morgan fingerprint density at radius 1 is 1.14 bits per heavy atom. The number of nitrogens with zero attached hydrogens (tertiary/aromatic N) is 1. The number of rotatable bonds is 5. The molecule has 21 heavy (non-hydrogen) atoms. The van der Waals surface area contributed by atoms with Crippen molar-refractivity contribution in [2.24, 2.45) is 0 Å². The molecule has 1 aromatic carbocycles. The van der Waals surface area contributed by atoms with Crippen LogP contribution in [0.25, 0.3) is 0 Å². The second kappa shape index (κ2) is 6.62. The minimum absolute atomic E-state index is 0.210. The zero-order chi connectivity index (χ0) is 15.6. The third-order valence-electron chi connectivity index (χ3n) is 3.55. The average molecular weight is 380 g/mol. The average Bonchev–Trinajstić information content (AvgIpc) is 2.91. The Hall–Kier alpha value is -0.670. The first-order valence-corrected chi connectivity index (χ1v) is 8.56. The van der Waals surface area contributed by atoms with E-state index in [1.807, 2.05) is 0 Å². The largest absolute Gasteiger partial charge is 0.496 e. The fraction of sp³-hybridized carbons (Fsp3) is 0.538. The van der Waals surface area contributed by atoms with Gasteiger partial charge in [-0.15, -0.1) is 0 Å². The van der Waals surface area contributed by atoms with Crippen molar-refractivity contribution < 1.29 is 22.6 Å². The molecule has 0 spiro atoms. The first-order valence-electron chi connectivity index (χ1n) is 6.33. The van der Waals surface area contributed by atoms with Crippen molar-refractivity contribution in [3.63, 3.8) is 0 Å². The molecule has 0 amide bonds. The van der Waals surface area contributed by atoms with Crippen molar-refractivity contribution in [2.45, 2.75) is 17.1 Å². The maximum Gasteiger partial charge on any atom is 0.243 e. The molecule has 1 heterocycles. The van der Waals surface area contributed by atoms with Gasteiger partial charge in [-0.25, -0.2) is 8.42 Å². The van der Waals surface area contributed by atoms with Crippen LogP contribution in [0.4, 0.5) is 0 Å². The minimum atomic E-state index is -3.58. The van der Waals surface area contributed by atoms with Crippen LogP contribution >= 0.6 is 15.9 Å². The van der Waals surface area contributed by atoms with Crippen LogP contribution in [0.3, 0.4) is 0 Å². The van der Waals surface area contributed by atoms with Gasteiger partial charge < -0.3 is 14.2 Å². The summed E-state index contributed by atoms with van der Waals surface area (Å²) in [5, 5.41) is 0. The van der Waals surface area contributed by atoms with E-state index in [2.05, 4.69) is 15.9 Å². The number of sulfonamides is 1. The summed E-state index contributed by atoms with van der Waals surface area (Å²) in [5.41, 5.74) is 0. The molecule has 118 valence electrons. The lowest BCUT2D eigenvalue weighted by Crippen LogP contribution is -2.30. The van der Waals surface area contributed by atoms with Crippen LogP contribution in [0, 0.1) is 0 Å². The lowest BCUT2D eigenvalue weighted by Gasteiger charge is -2.16. The van der Waals surface area contributed by atoms with Gasteiger partial charge in [0, 0.05) is 27.3 Å². The molecule has 8 heteroatoms. The van der Waals surface area contributed by atoms with E-state index in [0.717, 1.165) is 0 Å². The van der Waals surface area contributed by atoms with E-state index in [0.29, 0.717) is 10.2 Å². The molecule has 0 N–H and O–H groups in total. The Bertz CT molecular complexity index is 595. The van der Waals surface area contributed by atoms with Crippen molar-refractivity contribution in [3.05, 3.63) is 22.7 Å². The summed E-state index contributed by atoms with van der Waals surface area (Å²) >= 11 is 3.30. The molecule has 2 atom stereocenters. The van der Waals surface area contributed by atoms with Crippen LogP contribution in [0.5, 0.6) is 5.75 Å². The molecule has 2 unspecified atom stereocenters. The van der Waals surface area contributed by atoms with Crippen molar-refractivity contribution in [1.29, 1.82) is 0 Å². The van der Waals surface area contributed by atoms with Gasteiger partial charge in [0.25, 0.3) is 0 Å². The molecule has 1 aromatic rings. The second-order valence-corrected chi connectivity index (χ2v) is 7.46. The van der Waals surface area contributed by atoms with Gasteiger partial charge in [-0.3, -0.25) is 0 Å². The maximum absolute atomic E-state index is 12.7. The van der Waals surface area contributed by atoms with Gasteiger partial charge in [-0.05, 0) is 34.1 Å². The van der Waals surface area contributed by atoms with Crippen molar-refractivity contribution in [1.82, 2.24) is 4.31 Å². The molecule has 1 aliphatic rings. The Morgan fingerprint density at radius 3 is 2.14 bits per heavy atom. The first-order chi connectivity index (χ1) is 9.93. The molecule has 0 bridgehead atoms. The highest BCUT2D eigenvalue weighted by Gasteiger charge is 2.39. The van der Waals surface area contributed by atoms with Crippen molar-refractivity contribution in [3.8, 4) is 5.75 Å². The Balaban J connectivity index is 2.28. The highest BCUT2D eigenvalue weighted by molar-refractivity contribution is 9.10. The summed E-state index contributed by atoms with van der Waals surface area (Å²) in [6.07, 6.45) is -0.516. The molecule has 1 aliphatic heterocycles. The molecule has 0 radical (unpaired) electrons. The monoisotopic (exact) mass is 379 g/mol. The molecule has 0 aromatic heterocycles. The molecule has 0 saturated carbocycles. The summed E-state index contributed by atoms with van der Waals surface area (Å²) in [4.78, 5) is 0.210. The fourth-order valence-electron chi connectivity index (χ4n) is 2.32. The standard InChI is InChI=1S/C13H18BrNO5S/c1-18-11-5-4-9(6-10(11)14)21(16,17)15-7-12(19-2)13(8-15)20-3/h4-6,12-13H,7-8H2,1-3H3. The third kappa shape index (κ3) is 3.24. The summed E-state index contributed by atoms with van der Waals surface area (Å²) < 4.78 is 43.0. The number of methoxy groups -OCH3 is 3. The Kier molecular flexibility index (Phi) is 5.26. The van der Waals surface area contributed by atoms with Crippen LogP contribution in [-0.4, -0.2) is 59.3 Å². The highest BCUT2D eigenvalue weighted by Crippen LogP contribution is 2.30. The van der Waals surface area contributed by atoms with Gasteiger partial charge in [0.2, 0.25) is 10.0 Å².